The Hall–Kier alpha value is -6.43. The molecule has 0 atom stereocenters. The van der Waals surface area contributed by atoms with E-state index in [0.717, 1.165) is 72.3 Å². The molecule has 0 spiro atoms. The molecule has 0 aliphatic heterocycles. The minimum absolute atomic E-state index is 0.650. The first kappa shape index (κ1) is 28.6. The highest BCUT2D eigenvalue weighted by Gasteiger charge is 2.21. The van der Waals surface area contributed by atoms with Crippen molar-refractivity contribution >= 4 is 53.4 Å². The third-order valence-electron chi connectivity index (χ3n) is 9.45. The van der Waals surface area contributed by atoms with Gasteiger partial charge >= 0.3 is 0 Å². The molecule has 0 N–H and O–H groups in total. The maximum atomic E-state index is 6.76. The van der Waals surface area contributed by atoms with E-state index >= 15 is 0 Å². The van der Waals surface area contributed by atoms with E-state index in [0.29, 0.717) is 5.82 Å². The van der Waals surface area contributed by atoms with Crippen molar-refractivity contribution in [2.45, 2.75) is 0 Å². The second kappa shape index (κ2) is 11.6. The molecule has 0 aliphatic rings. The lowest BCUT2D eigenvalue weighted by molar-refractivity contribution is 0.670. The van der Waals surface area contributed by atoms with E-state index < -0.39 is 0 Å². The zero-order valence-corrected chi connectivity index (χ0v) is 27.6. The summed E-state index contributed by atoms with van der Waals surface area (Å²) in [7, 11) is 0. The van der Waals surface area contributed by atoms with E-state index in [1.54, 1.807) is 0 Å². The lowest BCUT2D eigenvalue weighted by Gasteiger charge is -2.13. The lowest BCUT2D eigenvalue weighted by Crippen LogP contribution is -1.98. The smallest absolute Gasteiger partial charge is 0.161 e. The highest BCUT2D eigenvalue weighted by molar-refractivity contribution is 7.25. The molecule has 0 radical (unpaired) electrons. The van der Waals surface area contributed by atoms with Crippen LogP contribution in [0.15, 0.2) is 168 Å². The molecule has 4 aromatic heterocycles. The van der Waals surface area contributed by atoms with E-state index in [4.69, 9.17) is 14.4 Å². The van der Waals surface area contributed by atoms with Crippen LogP contribution in [0.2, 0.25) is 0 Å². The zero-order chi connectivity index (χ0) is 33.0. The maximum Gasteiger partial charge on any atom is 0.161 e. The van der Waals surface area contributed by atoms with Crippen LogP contribution in [0.5, 0.6) is 0 Å². The van der Waals surface area contributed by atoms with Crippen molar-refractivity contribution in [1.29, 1.82) is 0 Å². The van der Waals surface area contributed by atoms with Crippen molar-refractivity contribution in [3.63, 3.8) is 0 Å². The van der Waals surface area contributed by atoms with Gasteiger partial charge in [-0.3, -0.25) is 4.98 Å². The first-order valence-electron chi connectivity index (χ1n) is 16.6. The fraction of sp³-hybridized carbons (Fsp3) is 0. The average molecular weight is 658 g/mol. The molecule has 6 aromatic carbocycles. The molecule has 0 aliphatic carbocycles. The molecule has 0 amide bonds. The predicted molar refractivity (Wildman–Crippen MR) is 207 cm³/mol. The van der Waals surface area contributed by atoms with Gasteiger partial charge in [0, 0.05) is 60.0 Å². The fourth-order valence-electron chi connectivity index (χ4n) is 7.09. The molecule has 10 rings (SSSR count). The summed E-state index contributed by atoms with van der Waals surface area (Å²) in [6, 6.07) is 52.9. The number of aromatic nitrogens is 3. The van der Waals surface area contributed by atoms with Crippen LogP contribution >= 0.6 is 11.3 Å². The summed E-state index contributed by atoms with van der Waals surface area (Å²) in [4.78, 5) is 14.7. The number of hydrogen-bond acceptors (Lipinski definition) is 5. The van der Waals surface area contributed by atoms with E-state index in [1.165, 1.54) is 20.2 Å². The fourth-order valence-corrected chi connectivity index (χ4v) is 8.23. The molecule has 5 heteroatoms. The Balaban J connectivity index is 1.22. The number of benzene rings is 6. The first-order valence-corrected chi connectivity index (χ1v) is 17.4. The van der Waals surface area contributed by atoms with Gasteiger partial charge in [-0.05, 0) is 64.7 Å². The summed E-state index contributed by atoms with van der Waals surface area (Å²) < 4.78 is 9.33. The number of thiophene rings is 1. The Labute approximate surface area is 292 Å². The van der Waals surface area contributed by atoms with Crippen LogP contribution in [0.4, 0.5) is 0 Å². The summed E-state index contributed by atoms with van der Waals surface area (Å²) in [6.07, 6.45) is 3.63. The summed E-state index contributed by atoms with van der Waals surface area (Å²) in [5, 5.41) is 4.74. The number of furan rings is 1. The summed E-state index contributed by atoms with van der Waals surface area (Å²) in [6.45, 7) is 0. The van der Waals surface area contributed by atoms with Crippen LogP contribution < -0.4 is 0 Å². The number of nitrogens with zero attached hydrogens (tertiary/aromatic N) is 3. The van der Waals surface area contributed by atoms with Crippen LogP contribution in [0.1, 0.15) is 0 Å². The third kappa shape index (κ3) is 4.71. The van der Waals surface area contributed by atoms with Gasteiger partial charge < -0.3 is 4.42 Å². The SMILES string of the molecule is c1ccc(-c2cc(-c3ccc(-c4ccc5c(c4)sc4ccccc45)c4c3oc3ccccc34)nc(-c3ccccc3-c3ccncc3)n2)cc1. The zero-order valence-electron chi connectivity index (χ0n) is 26.7. The summed E-state index contributed by atoms with van der Waals surface area (Å²) in [5.41, 5.74) is 10.6. The van der Waals surface area contributed by atoms with E-state index in [1.807, 2.05) is 78.3 Å². The molecule has 0 saturated heterocycles. The van der Waals surface area contributed by atoms with Crippen molar-refractivity contribution in [3.8, 4) is 56.2 Å². The number of rotatable bonds is 5. The quantitative estimate of drug-likeness (QED) is 0.185. The van der Waals surface area contributed by atoms with Crippen LogP contribution in [0.25, 0.3) is 98.3 Å². The van der Waals surface area contributed by atoms with Crippen LogP contribution in [-0.4, -0.2) is 15.0 Å². The Morgan fingerprint density at radius 3 is 2.02 bits per heavy atom. The molecule has 4 heterocycles. The van der Waals surface area contributed by atoms with Crippen molar-refractivity contribution in [2.24, 2.45) is 0 Å². The molecule has 0 fully saturated rings. The minimum atomic E-state index is 0.650. The molecular formula is C45H27N3OS. The number of hydrogen-bond donors (Lipinski definition) is 0. The van der Waals surface area contributed by atoms with Crippen molar-refractivity contribution in [1.82, 2.24) is 15.0 Å². The molecule has 10 aromatic rings. The predicted octanol–water partition coefficient (Wildman–Crippen LogP) is 12.5. The van der Waals surface area contributed by atoms with Crippen molar-refractivity contribution in [3.05, 3.63) is 164 Å². The lowest BCUT2D eigenvalue weighted by atomic mass is 9.95. The Kier molecular flexibility index (Phi) is 6.64. The van der Waals surface area contributed by atoms with Gasteiger partial charge in [0.1, 0.15) is 11.2 Å². The standard InChI is InChI=1S/C45H27N3OS/c1-2-10-29(11-3-1)38-27-39(48-45(47-38)35-14-5-4-12-31(35)28-22-24-46-25-23-28)36-21-20-32(43-37-15-6-8-16-40(37)49-44(36)43)30-18-19-34-33-13-7-9-17-41(33)50-42(34)26-30/h1-27H. The molecule has 234 valence electrons. The minimum Gasteiger partial charge on any atom is -0.455 e. The topological polar surface area (TPSA) is 51.8 Å². The van der Waals surface area contributed by atoms with E-state index in [2.05, 4.69) is 102 Å². The van der Waals surface area contributed by atoms with E-state index in [9.17, 15) is 0 Å². The first-order chi connectivity index (χ1) is 24.8. The number of fused-ring (bicyclic) bond motifs is 6. The van der Waals surface area contributed by atoms with E-state index in [-0.39, 0.29) is 0 Å². The second-order valence-corrected chi connectivity index (χ2v) is 13.5. The normalized spacial score (nSPS) is 11.6. The number of pyridine rings is 1. The Bertz CT molecular complexity index is 2870. The van der Waals surface area contributed by atoms with Gasteiger partial charge in [0.05, 0.1) is 11.4 Å². The summed E-state index contributed by atoms with van der Waals surface area (Å²) in [5.74, 6) is 0.650. The van der Waals surface area contributed by atoms with Gasteiger partial charge in [-0.25, -0.2) is 9.97 Å². The number of para-hydroxylation sites is 1. The highest BCUT2D eigenvalue weighted by Crippen LogP contribution is 2.44. The molecular weight excluding hydrogens is 631 g/mol. The molecule has 0 saturated carbocycles. The van der Waals surface area contributed by atoms with Gasteiger partial charge in [-0.2, -0.15) is 0 Å². The van der Waals surface area contributed by atoms with Gasteiger partial charge in [0.15, 0.2) is 5.82 Å². The molecule has 0 unspecified atom stereocenters. The molecule has 0 bridgehead atoms. The molecule has 4 nitrogen and oxygen atoms in total. The monoisotopic (exact) mass is 657 g/mol. The Morgan fingerprint density at radius 1 is 0.440 bits per heavy atom. The van der Waals surface area contributed by atoms with Gasteiger partial charge in [0.2, 0.25) is 0 Å². The average Bonchev–Trinajstić information content (AvgIpc) is 3.77. The Morgan fingerprint density at radius 2 is 1.14 bits per heavy atom. The highest BCUT2D eigenvalue weighted by atomic mass is 32.1. The second-order valence-electron chi connectivity index (χ2n) is 12.4. The van der Waals surface area contributed by atoms with Crippen LogP contribution in [0.3, 0.4) is 0 Å². The van der Waals surface area contributed by atoms with Gasteiger partial charge in [-0.1, -0.05) is 109 Å². The maximum absolute atomic E-state index is 6.76. The largest absolute Gasteiger partial charge is 0.455 e. The van der Waals surface area contributed by atoms with Gasteiger partial charge in [0.25, 0.3) is 0 Å². The van der Waals surface area contributed by atoms with Crippen LogP contribution in [-0.2, 0) is 0 Å². The van der Waals surface area contributed by atoms with Gasteiger partial charge in [-0.15, -0.1) is 11.3 Å². The molecule has 50 heavy (non-hydrogen) atoms. The van der Waals surface area contributed by atoms with Crippen LogP contribution in [0, 0.1) is 0 Å². The van der Waals surface area contributed by atoms with Crippen molar-refractivity contribution in [2.75, 3.05) is 0 Å². The van der Waals surface area contributed by atoms with Crippen molar-refractivity contribution < 1.29 is 4.42 Å². The summed E-state index contributed by atoms with van der Waals surface area (Å²) >= 11 is 1.84. The third-order valence-corrected chi connectivity index (χ3v) is 10.6.